The summed E-state index contributed by atoms with van der Waals surface area (Å²) in [6.45, 7) is 3.73. The van der Waals surface area contributed by atoms with Crippen LogP contribution in [0.5, 0.6) is 0 Å². The highest BCUT2D eigenvalue weighted by Crippen LogP contribution is 2.35. The van der Waals surface area contributed by atoms with E-state index in [0.29, 0.717) is 12.6 Å². The van der Waals surface area contributed by atoms with E-state index in [-0.39, 0.29) is 5.92 Å². The summed E-state index contributed by atoms with van der Waals surface area (Å²) in [6.07, 6.45) is 8.07. The van der Waals surface area contributed by atoms with E-state index in [2.05, 4.69) is 19.7 Å². The van der Waals surface area contributed by atoms with Crippen molar-refractivity contribution in [2.75, 3.05) is 13.1 Å². The first kappa shape index (κ1) is 15.8. The monoisotopic (exact) mass is 280 g/mol. The molecule has 0 aromatic rings. The maximum atomic E-state index is 11.6. The highest BCUT2D eigenvalue weighted by molar-refractivity contribution is 6.08. The summed E-state index contributed by atoms with van der Waals surface area (Å²) in [6, 6.07) is 0.556. The van der Waals surface area contributed by atoms with Gasteiger partial charge in [0.2, 0.25) is 0 Å². The van der Waals surface area contributed by atoms with Gasteiger partial charge in [-0.1, -0.05) is 19.7 Å². The van der Waals surface area contributed by atoms with Crippen molar-refractivity contribution in [3.63, 3.8) is 0 Å². The van der Waals surface area contributed by atoms with E-state index in [9.17, 15) is 9.90 Å². The zero-order chi connectivity index (χ0) is 14.8. The number of hydrogen-bond donors (Lipinski definition) is 2. The van der Waals surface area contributed by atoms with Gasteiger partial charge in [-0.2, -0.15) is 0 Å². The van der Waals surface area contributed by atoms with E-state index in [0.717, 1.165) is 31.6 Å². The van der Waals surface area contributed by atoms with Crippen LogP contribution in [-0.2, 0) is 4.79 Å². The molecular weight excluding hydrogens is 251 g/mol. The van der Waals surface area contributed by atoms with E-state index < -0.39 is 11.5 Å². The number of carboxylic acid groups (broad SMARTS) is 1. The zero-order valence-corrected chi connectivity index (χ0v) is 13.0. The van der Waals surface area contributed by atoms with Crippen LogP contribution in [0.15, 0.2) is 0 Å². The summed E-state index contributed by atoms with van der Waals surface area (Å²) >= 11 is 0. The Bertz CT molecular complexity index is 345. The Morgan fingerprint density at radius 2 is 2.05 bits per heavy atom. The molecule has 2 aliphatic rings. The lowest BCUT2D eigenvalue weighted by atomic mass is 9.83. The number of carbonyl (C=O) groups is 1. The Morgan fingerprint density at radius 3 is 2.60 bits per heavy atom. The number of rotatable bonds is 5. The predicted octanol–water partition coefficient (Wildman–Crippen LogP) is 1.11. The number of hydrogen-bond acceptors (Lipinski definition) is 3. The maximum absolute atomic E-state index is 11.6. The molecule has 0 radical (unpaired) electrons. The average Bonchev–Trinajstić information content (AvgIpc) is 2.76. The minimum Gasteiger partial charge on any atom is -0.480 e. The van der Waals surface area contributed by atoms with Crippen LogP contribution in [0.25, 0.3) is 0 Å². The Hall–Kier alpha value is -0.545. The second kappa shape index (κ2) is 6.48. The minimum atomic E-state index is -1.03. The van der Waals surface area contributed by atoms with E-state index in [4.69, 9.17) is 5.73 Å². The molecule has 5 heteroatoms. The second-order valence-electron chi connectivity index (χ2n) is 7.03. The molecule has 1 aliphatic carbocycles. The second-order valence-corrected chi connectivity index (χ2v) is 7.03. The van der Waals surface area contributed by atoms with Crippen LogP contribution >= 0.6 is 0 Å². The average molecular weight is 280 g/mol. The van der Waals surface area contributed by atoms with Crippen molar-refractivity contribution in [1.29, 1.82) is 0 Å². The molecule has 0 spiro atoms. The molecule has 1 heterocycles. The minimum absolute atomic E-state index is 0.110. The smallest absolute Gasteiger partial charge is 0.325 e. The number of nitrogens with zero attached hydrogens (tertiary/aromatic N) is 1. The topological polar surface area (TPSA) is 66.6 Å². The molecule has 2 atom stereocenters. The van der Waals surface area contributed by atoms with E-state index >= 15 is 0 Å². The molecular formula is C15H29BN2O2. The van der Waals surface area contributed by atoms with Crippen LogP contribution in [0.3, 0.4) is 0 Å². The molecule has 1 saturated carbocycles. The van der Waals surface area contributed by atoms with Crippen molar-refractivity contribution in [2.24, 2.45) is 17.6 Å². The molecule has 0 unspecified atom stereocenters. The van der Waals surface area contributed by atoms with Crippen molar-refractivity contribution in [1.82, 2.24) is 4.90 Å². The first-order chi connectivity index (χ1) is 9.47. The standard InChI is InChI=1S/C15H29BN2O2/c1-11-4-6-13(7-5-11)18-9-12(3-2-8-16)15(17,10-18)14(19)20/h11-13H,2-10,16-17H2,1H3,(H,19,20)/t11?,12-,13?,15-/m0/s1. The molecule has 3 N–H and O–H groups in total. The van der Waals surface area contributed by atoms with Gasteiger partial charge in [-0.05, 0) is 38.0 Å². The molecule has 20 heavy (non-hydrogen) atoms. The van der Waals surface area contributed by atoms with Gasteiger partial charge in [0.05, 0.1) is 0 Å². The lowest BCUT2D eigenvalue weighted by molar-refractivity contribution is -0.144. The van der Waals surface area contributed by atoms with Crippen molar-refractivity contribution >= 4 is 13.8 Å². The van der Waals surface area contributed by atoms with Crippen molar-refractivity contribution in [3.05, 3.63) is 0 Å². The first-order valence-corrected chi connectivity index (χ1v) is 8.23. The third-order valence-corrected chi connectivity index (χ3v) is 5.45. The van der Waals surface area contributed by atoms with Gasteiger partial charge in [0.15, 0.2) is 0 Å². The molecule has 114 valence electrons. The van der Waals surface area contributed by atoms with Gasteiger partial charge >= 0.3 is 5.97 Å². The Labute approximate surface area is 123 Å². The van der Waals surface area contributed by atoms with Gasteiger partial charge < -0.3 is 10.8 Å². The third kappa shape index (κ3) is 3.20. The summed E-state index contributed by atoms with van der Waals surface area (Å²) < 4.78 is 0. The number of nitrogens with two attached hydrogens (primary N) is 1. The molecule has 2 rings (SSSR count). The molecule has 0 amide bonds. The van der Waals surface area contributed by atoms with Crippen LogP contribution in [0.2, 0.25) is 6.32 Å². The summed E-state index contributed by atoms with van der Waals surface area (Å²) in [5.41, 5.74) is 5.24. The van der Waals surface area contributed by atoms with Gasteiger partial charge in [0.25, 0.3) is 0 Å². The Morgan fingerprint density at radius 1 is 1.40 bits per heavy atom. The Balaban J connectivity index is 2.01. The molecule has 0 bridgehead atoms. The van der Waals surface area contributed by atoms with Crippen LogP contribution in [0.4, 0.5) is 0 Å². The summed E-state index contributed by atoms with van der Waals surface area (Å²) in [4.78, 5) is 14.0. The normalized spacial score (nSPS) is 39.0. The molecule has 0 aromatic heterocycles. The summed E-state index contributed by atoms with van der Waals surface area (Å²) in [7, 11) is 2.15. The largest absolute Gasteiger partial charge is 0.480 e. The fourth-order valence-corrected chi connectivity index (χ4v) is 3.90. The van der Waals surface area contributed by atoms with Crippen LogP contribution < -0.4 is 5.73 Å². The maximum Gasteiger partial charge on any atom is 0.325 e. The lowest BCUT2D eigenvalue weighted by Crippen LogP contribution is -2.55. The highest BCUT2D eigenvalue weighted by atomic mass is 16.4. The summed E-state index contributed by atoms with van der Waals surface area (Å²) in [5.74, 6) is 0.122. The lowest BCUT2D eigenvalue weighted by Gasteiger charge is -2.34. The molecule has 1 aliphatic heterocycles. The molecule has 2 fully saturated rings. The molecule has 4 nitrogen and oxygen atoms in total. The van der Waals surface area contributed by atoms with Crippen LogP contribution in [-0.4, -0.2) is 48.5 Å². The highest BCUT2D eigenvalue weighted by Gasteiger charge is 2.50. The Kier molecular flexibility index (Phi) is 5.13. The fraction of sp³-hybridized carbons (Fsp3) is 0.933. The van der Waals surface area contributed by atoms with Crippen molar-refractivity contribution in [3.8, 4) is 0 Å². The van der Waals surface area contributed by atoms with Crippen LogP contribution in [0.1, 0.15) is 45.4 Å². The fourth-order valence-electron chi connectivity index (χ4n) is 3.90. The van der Waals surface area contributed by atoms with Gasteiger partial charge in [0, 0.05) is 25.0 Å². The first-order valence-electron chi connectivity index (χ1n) is 8.23. The number of likely N-dealkylation sites (tertiary alicyclic amines) is 1. The third-order valence-electron chi connectivity index (χ3n) is 5.45. The SMILES string of the molecule is BCCC[C@H]1CN(C2CCC(C)CC2)C[C@@]1(N)C(=O)O. The van der Waals surface area contributed by atoms with Gasteiger partial charge in [-0.3, -0.25) is 9.69 Å². The number of aliphatic carboxylic acids is 1. The van der Waals surface area contributed by atoms with E-state index in [1.54, 1.807) is 0 Å². The predicted molar refractivity (Wildman–Crippen MR) is 83.6 cm³/mol. The van der Waals surface area contributed by atoms with Crippen molar-refractivity contribution in [2.45, 2.75) is 63.3 Å². The van der Waals surface area contributed by atoms with Gasteiger partial charge in [-0.15, -0.1) is 0 Å². The molecule has 1 saturated heterocycles. The van der Waals surface area contributed by atoms with Crippen LogP contribution in [0, 0.1) is 11.8 Å². The number of carboxylic acids is 1. The van der Waals surface area contributed by atoms with E-state index in [1.165, 1.54) is 25.7 Å². The summed E-state index contributed by atoms with van der Waals surface area (Å²) in [5, 5.41) is 9.55. The van der Waals surface area contributed by atoms with Crippen molar-refractivity contribution < 1.29 is 9.90 Å². The van der Waals surface area contributed by atoms with Gasteiger partial charge in [0.1, 0.15) is 13.4 Å². The van der Waals surface area contributed by atoms with Gasteiger partial charge in [-0.25, -0.2) is 0 Å². The van der Waals surface area contributed by atoms with E-state index in [1.807, 2.05) is 0 Å². The molecule has 0 aromatic carbocycles. The zero-order valence-electron chi connectivity index (χ0n) is 13.0. The quantitative estimate of drug-likeness (QED) is 0.740.